The van der Waals surface area contributed by atoms with Gasteiger partial charge in [0.2, 0.25) is 11.8 Å². The highest BCUT2D eigenvalue weighted by molar-refractivity contribution is 6.22. The monoisotopic (exact) mass is 267 g/mol. The number of allylic oxidation sites excluding steroid dienone is 2. The normalized spacial score (nSPS) is 33.9. The highest BCUT2D eigenvalue weighted by Crippen LogP contribution is 2.53. The number of aldehydes is 1. The molecule has 4 atom stereocenters. The van der Waals surface area contributed by atoms with Crippen LogP contribution in [0.5, 0.6) is 0 Å². The number of nitrogens with zero attached hydrogens (tertiary/aromatic N) is 1. The Labute approximate surface area is 116 Å². The molecule has 0 N–H and O–H groups in total. The third-order valence-corrected chi connectivity index (χ3v) is 4.76. The Balaban J connectivity index is 1.71. The van der Waals surface area contributed by atoms with Crippen molar-refractivity contribution in [1.82, 2.24) is 0 Å². The molecule has 0 radical (unpaired) electrons. The summed E-state index contributed by atoms with van der Waals surface area (Å²) in [5.41, 5.74) is 1.11. The molecule has 4 nitrogen and oxygen atoms in total. The summed E-state index contributed by atoms with van der Waals surface area (Å²) in [7, 11) is 0. The molecule has 3 aliphatic rings. The van der Waals surface area contributed by atoms with Gasteiger partial charge in [-0.25, -0.2) is 0 Å². The van der Waals surface area contributed by atoms with Gasteiger partial charge in [0.25, 0.3) is 0 Å². The molecule has 1 aliphatic heterocycles. The Morgan fingerprint density at radius 1 is 0.950 bits per heavy atom. The standard InChI is InChI=1S/C16H13NO3/c18-8-9-1-5-12(6-2-9)17-15(19)13-10-3-4-11(7-10)14(13)16(17)20/h1-6,8,10-11,13-14H,7H2. The van der Waals surface area contributed by atoms with E-state index in [-0.39, 0.29) is 35.5 Å². The van der Waals surface area contributed by atoms with Crippen molar-refractivity contribution in [3.05, 3.63) is 42.0 Å². The Kier molecular flexibility index (Phi) is 2.25. The lowest BCUT2D eigenvalue weighted by atomic mass is 9.85. The first-order valence-corrected chi connectivity index (χ1v) is 6.82. The summed E-state index contributed by atoms with van der Waals surface area (Å²) in [6, 6.07) is 6.58. The number of fused-ring (bicyclic) bond motifs is 5. The van der Waals surface area contributed by atoms with Gasteiger partial charge < -0.3 is 0 Å². The molecule has 0 spiro atoms. The van der Waals surface area contributed by atoms with Crippen LogP contribution in [0.15, 0.2) is 36.4 Å². The Bertz CT molecular complexity index is 616. The summed E-state index contributed by atoms with van der Waals surface area (Å²) in [4.78, 5) is 37.1. The van der Waals surface area contributed by atoms with Gasteiger partial charge in [0.15, 0.2) is 0 Å². The van der Waals surface area contributed by atoms with E-state index in [1.807, 2.05) is 0 Å². The fourth-order valence-electron chi connectivity index (χ4n) is 3.86. The first kappa shape index (κ1) is 11.6. The molecule has 2 bridgehead atoms. The van der Waals surface area contributed by atoms with Crippen molar-refractivity contribution in [2.45, 2.75) is 6.42 Å². The van der Waals surface area contributed by atoms with Crippen molar-refractivity contribution in [2.75, 3.05) is 4.90 Å². The van der Waals surface area contributed by atoms with E-state index in [2.05, 4.69) is 12.2 Å². The smallest absolute Gasteiger partial charge is 0.238 e. The number of hydrogen-bond acceptors (Lipinski definition) is 3. The van der Waals surface area contributed by atoms with E-state index in [0.29, 0.717) is 11.3 Å². The second-order valence-corrected chi connectivity index (χ2v) is 5.72. The van der Waals surface area contributed by atoms with E-state index in [1.54, 1.807) is 24.3 Å². The average Bonchev–Trinajstić information content (AvgIpc) is 3.14. The highest BCUT2D eigenvalue weighted by atomic mass is 16.2. The number of carbonyl (C=O) groups is 3. The van der Waals surface area contributed by atoms with Crippen LogP contribution in [0.1, 0.15) is 16.8 Å². The van der Waals surface area contributed by atoms with Gasteiger partial charge in [-0.1, -0.05) is 12.2 Å². The van der Waals surface area contributed by atoms with Crippen LogP contribution in [-0.4, -0.2) is 18.1 Å². The lowest BCUT2D eigenvalue weighted by Crippen LogP contribution is -2.32. The van der Waals surface area contributed by atoms with E-state index in [9.17, 15) is 14.4 Å². The second kappa shape index (κ2) is 3.88. The molecule has 4 rings (SSSR count). The zero-order chi connectivity index (χ0) is 13.9. The molecule has 4 unspecified atom stereocenters. The molecule has 20 heavy (non-hydrogen) atoms. The van der Waals surface area contributed by atoms with Crippen molar-refractivity contribution in [2.24, 2.45) is 23.7 Å². The van der Waals surface area contributed by atoms with Crippen LogP contribution >= 0.6 is 0 Å². The minimum Gasteiger partial charge on any atom is -0.298 e. The van der Waals surface area contributed by atoms with Gasteiger partial charge in [0.05, 0.1) is 17.5 Å². The number of rotatable bonds is 2. The lowest BCUT2D eigenvalue weighted by molar-refractivity contribution is -0.123. The number of anilines is 1. The number of benzene rings is 1. The van der Waals surface area contributed by atoms with Gasteiger partial charge in [0.1, 0.15) is 6.29 Å². The van der Waals surface area contributed by atoms with Gasteiger partial charge in [-0.15, -0.1) is 0 Å². The van der Waals surface area contributed by atoms with E-state index < -0.39 is 0 Å². The van der Waals surface area contributed by atoms with Crippen LogP contribution in [0, 0.1) is 23.7 Å². The second-order valence-electron chi connectivity index (χ2n) is 5.72. The SMILES string of the molecule is O=Cc1ccc(N2C(=O)C3C4C=CC(C4)C3C2=O)cc1. The molecule has 0 aromatic heterocycles. The molecule has 1 heterocycles. The molecule has 1 aromatic carbocycles. The zero-order valence-corrected chi connectivity index (χ0v) is 10.7. The molecule has 1 aromatic rings. The largest absolute Gasteiger partial charge is 0.298 e. The van der Waals surface area contributed by atoms with Gasteiger partial charge in [-0.3, -0.25) is 19.3 Å². The van der Waals surface area contributed by atoms with Crippen LogP contribution < -0.4 is 4.90 Å². The Morgan fingerprint density at radius 3 is 2.00 bits per heavy atom. The van der Waals surface area contributed by atoms with E-state index in [4.69, 9.17) is 0 Å². The average molecular weight is 267 g/mol. The summed E-state index contributed by atoms with van der Waals surface area (Å²) in [5.74, 6) is -0.0840. The maximum Gasteiger partial charge on any atom is 0.238 e. The third-order valence-electron chi connectivity index (χ3n) is 4.76. The highest BCUT2D eigenvalue weighted by Gasteiger charge is 2.59. The fraction of sp³-hybridized carbons (Fsp3) is 0.312. The van der Waals surface area contributed by atoms with Crippen molar-refractivity contribution in [3.63, 3.8) is 0 Å². The zero-order valence-electron chi connectivity index (χ0n) is 10.7. The lowest BCUT2D eigenvalue weighted by Gasteiger charge is -2.17. The Morgan fingerprint density at radius 2 is 1.50 bits per heavy atom. The van der Waals surface area contributed by atoms with Crippen molar-refractivity contribution in [1.29, 1.82) is 0 Å². The first-order valence-electron chi connectivity index (χ1n) is 6.82. The molecule has 2 amide bonds. The van der Waals surface area contributed by atoms with Gasteiger partial charge >= 0.3 is 0 Å². The van der Waals surface area contributed by atoms with Crippen LogP contribution in [-0.2, 0) is 9.59 Å². The van der Waals surface area contributed by atoms with Crippen molar-refractivity contribution in [3.8, 4) is 0 Å². The van der Waals surface area contributed by atoms with E-state index in [1.165, 1.54) is 4.90 Å². The summed E-state index contributed by atoms with van der Waals surface area (Å²) in [6.45, 7) is 0. The number of carbonyl (C=O) groups excluding carboxylic acids is 3. The molecule has 1 saturated heterocycles. The predicted octanol–water partition coefficient (Wildman–Crippen LogP) is 1.81. The fourth-order valence-corrected chi connectivity index (χ4v) is 3.86. The number of imide groups is 1. The molecule has 2 aliphatic carbocycles. The Hall–Kier alpha value is -2.23. The molecular formula is C16H13NO3. The molecule has 100 valence electrons. The third kappa shape index (κ3) is 1.33. The molecular weight excluding hydrogens is 254 g/mol. The maximum absolute atomic E-state index is 12.5. The summed E-state index contributed by atoms with van der Waals surface area (Å²) >= 11 is 0. The summed E-state index contributed by atoms with van der Waals surface area (Å²) in [6.07, 6.45) is 5.84. The predicted molar refractivity (Wildman–Crippen MR) is 72.0 cm³/mol. The van der Waals surface area contributed by atoms with Gasteiger partial charge in [-0.2, -0.15) is 0 Å². The summed E-state index contributed by atoms with van der Waals surface area (Å²) < 4.78 is 0. The van der Waals surface area contributed by atoms with Crippen LogP contribution in [0.25, 0.3) is 0 Å². The van der Waals surface area contributed by atoms with Crippen LogP contribution in [0.4, 0.5) is 5.69 Å². The molecule has 4 heteroatoms. The first-order chi connectivity index (χ1) is 9.70. The summed E-state index contributed by atoms with van der Waals surface area (Å²) in [5, 5.41) is 0. The van der Waals surface area contributed by atoms with Crippen molar-refractivity contribution < 1.29 is 14.4 Å². The molecule has 2 fully saturated rings. The quantitative estimate of drug-likeness (QED) is 0.466. The van der Waals surface area contributed by atoms with Gasteiger partial charge in [0, 0.05) is 5.56 Å². The van der Waals surface area contributed by atoms with Crippen LogP contribution in [0.2, 0.25) is 0 Å². The maximum atomic E-state index is 12.5. The number of amides is 2. The number of hydrogen-bond donors (Lipinski definition) is 0. The van der Waals surface area contributed by atoms with Crippen LogP contribution in [0.3, 0.4) is 0 Å². The minimum absolute atomic E-state index is 0.0873. The molecule has 1 saturated carbocycles. The minimum atomic E-state index is -0.178. The van der Waals surface area contributed by atoms with Crippen molar-refractivity contribution >= 4 is 23.8 Å². The van der Waals surface area contributed by atoms with E-state index in [0.717, 1.165) is 12.7 Å². The van der Waals surface area contributed by atoms with Gasteiger partial charge in [-0.05, 0) is 42.5 Å². The topological polar surface area (TPSA) is 54.5 Å². The van der Waals surface area contributed by atoms with E-state index >= 15 is 0 Å².